The van der Waals surface area contributed by atoms with Crippen molar-refractivity contribution < 1.29 is 4.21 Å². The molecule has 4 atom stereocenters. The van der Waals surface area contributed by atoms with Gasteiger partial charge in [0.1, 0.15) is 0 Å². The maximum Gasteiger partial charge on any atom is 0.0498 e. The molecule has 1 aromatic rings. The van der Waals surface area contributed by atoms with Gasteiger partial charge in [0, 0.05) is 33.4 Å². The predicted octanol–water partition coefficient (Wildman–Crippen LogP) is 3.11. The van der Waals surface area contributed by atoms with Crippen molar-refractivity contribution in [2.24, 2.45) is 5.92 Å². The van der Waals surface area contributed by atoms with Gasteiger partial charge in [0.25, 0.3) is 0 Å². The molecule has 114 valence electrons. The molecule has 1 saturated heterocycles. The maximum atomic E-state index is 11.9. The number of rotatable bonds is 1. The van der Waals surface area contributed by atoms with Crippen LogP contribution in [0.4, 0.5) is 0 Å². The van der Waals surface area contributed by atoms with Gasteiger partial charge in [0.05, 0.1) is 0 Å². The highest BCUT2D eigenvalue weighted by Crippen LogP contribution is 2.55. The molecule has 1 saturated carbocycles. The van der Waals surface area contributed by atoms with E-state index in [-0.39, 0.29) is 0 Å². The van der Waals surface area contributed by atoms with Crippen molar-refractivity contribution in [3.63, 3.8) is 0 Å². The van der Waals surface area contributed by atoms with Crippen LogP contribution in [0.3, 0.4) is 0 Å². The van der Waals surface area contributed by atoms with E-state index in [9.17, 15) is 4.21 Å². The number of nitrogens with zero attached hydrogens (tertiary/aromatic N) is 1. The lowest BCUT2D eigenvalue weighted by atomic mass is 9.52. The highest BCUT2D eigenvalue weighted by atomic mass is 32.2. The third kappa shape index (κ3) is 1.97. The van der Waals surface area contributed by atoms with Gasteiger partial charge < -0.3 is 4.90 Å². The fraction of sp³-hybridized carbons (Fsp3) is 0.667. The second-order valence-corrected chi connectivity index (χ2v) is 8.66. The molecule has 1 aromatic carbocycles. The molecule has 1 heterocycles. The molecule has 1 unspecified atom stereocenters. The molecule has 2 nitrogen and oxygen atoms in total. The molecule has 3 heteroatoms. The topological polar surface area (TPSA) is 20.3 Å². The fourth-order valence-electron chi connectivity index (χ4n) is 5.35. The van der Waals surface area contributed by atoms with E-state index in [0.29, 0.717) is 5.41 Å². The summed E-state index contributed by atoms with van der Waals surface area (Å²) in [6, 6.07) is 7.38. The van der Waals surface area contributed by atoms with Crippen LogP contribution in [-0.4, -0.2) is 35.0 Å². The molecule has 4 rings (SSSR count). The van der Waals surface area contributed by atoms with Gasteiger partial charge in [0.2, 0.25) is 0 Å². The quantitative estimate of drug-likeness (QED) is 0.794. The summed E-state index contributed by atoms with van der Waals surface area (Å²) in [7, 11) is 1.44. The summed E-state index contributed by atoms with van der Waals surface area (Å²) >= 11 is 0. The van der Waals surface area contributed by atoms with E-state index in [1.54, 1.807) is 11.8 Å². The van der Waals surface area contributed by atoms with Crippen molar-refractivity contribution in [3.05, 3.63) is 29.3 Å². The average Bonchev–Trinajstić information content (AvgIpc) is 2.50. The molecule has 2 aliphatic carbocycles. The number of hydrogen-bond acceptors (Lipinski definition) is 2. The number of likely N-dealkylation sites (N-methyl/N-ethyl adjacent to an activating group) is 1. The summed E-state index contributed by atoms with van der Waals surface area (Å²) in [6.07, 6.45) is 9.77. The van der Waals surface area contributed by atoms with Crippen molar-refractivity contribution >= 4 is 10.8 Å². The van der Waals surface area contributed by atoms with Crippen LogP contribution in [-0.2, 0) is 22.6 Å². The minimum atomic E-state index is -0.867. The summed E-state index contributed by atoms with van der Waals surface area (Å²) in [5.74, 6) is 0.818. The maximum absolute atomic E-state index is 11.9. The first-order chi connectivity index (χ1) is 10.1. The number of piperidine rings is 1. The Kier molecular flexibility index (Phi) is 3.27. The van der Waals surface area contributed by atoms with Gasteiger partial charge >= 0.3 is 0 Å². The smallest absolute Gasteiger partial charge is 0.0498 e. The first-order valence-electron chi connectivity index (χ1n) is 8.29. The van der Waals surface area contributed by atoms with Crippen LogP contribution in [0.2, 0.25) is 0 Å². The van der Waals surface area contributed by atoms with Crippen molar-refractivity contribution in [2.75, 3.05) is 19.8 Å². The predicted molar refractivity (Wildman–Crippen MR) is 87.1 cm³/mol. The van der Waals surface area contributed by atoms with E-state index in [4.69, 9.17) is 0 Å². The zero-order valence-corrected chi connectivity index (χ0v) is 13.9. The highest BCUT2D eigenvalue weighted by molar-refractivity contribution is 7.84. The molecule has 3 aliphatic rings. The van der Waals surface area contributed by atoms with Crippen LogP contribution in [0.15, 0.2) is 23.1 Å². The van der Waals surface area contributed by atoms with Crippen LogP contribution >= 0.6 is 0 Å². The summed E-state index contributed by atoms with van der Waals surface area (Å²) in [6.45, 7) is 1.22. The van der Waals surface area contributed by atoms with Gasteiger partial charge in [-0.2, -0.15) is 0 Å². The van der Waals surface area contributed by atoms with E-state index in [2.05, 4.69) is 30.1 Å². The standard InChI is InChI=1S/C18H25NOS/c1-19-10-9-18-8-4-3-5-15(18)17(19)11-13-6-7-14(21(2)20)12-16(13)18/h6-7,12,15,17H,3-5,8-11H2,1-2H3/t15-,17+,18+,21?/m1/s1. The minimum Gasteiger partial charge on any atom is -0.303 e. The summed E-state index contributed by atoms with van der Waals surface area (Å²) in [5, 5.41) is 0. The second kappa shape index (κ2) is 4.92. The average molecular weight is 303 g/mol. The van der Waals surface area contributed by atoms with Gasteiger partial charge in [-0.1, -0.05) is 18.9 Å². The first kappa shape index (κ1) is 14.0. The van der Waals surface area contributed by atoms with Crippen LogP contribution < -0.4 is 0 Å². The fourth-order valence-corrected chi connectivity index (χ4v) is 5.90. The molecule has 0 aromatic heterocycles. The zero-order valence-electron chi connectivity index (χ0n) is 13.1. The number of fused-ring (bicyclic) bond motifs is 1. The Hall–Kier alpha value is -0.670. The zero-order chi connectivity index (χ0) is 14.6. The molecule has 1 aliphatic heterocycles. The molecule has 0 N–H and O–H groups in total. The lowest BCUT2D eigenvalue weighted by Crippen LogP contribution is -2.59. The largest absolute Gasteiger partial charge is 0.303 e. The Balaban J connectivity index is 1.89. The number of benzene rings is 1. The SMILES string of the molecule is CN1CC[C@@]23CCCC[C@@H]2[C@@H]1Cc1ccc(S(C)=O)cc13. The molecule has 0 amide bonds. The molecule has 2 fully saturated rings. The highest BCUT2D eigenvalue weighted by Gasteiger charge is 2.52. The Morgan fingerprint density at radius 3 is 2.95 bits per heavy atom. The third-order valence-electron chi connectivity index (χ3n) is 6.42. The molecule has 21 heavy (non-hydrogen) atoms. The molecular weight excluding hydrogens is 278 g/mol. The number of likely N-dealkylation sites (tertiary alicyclic amines) is 1. The van der Waals surface area contributed by atoms with Crippen molar-refractivity contribution in [1.29, 1.82) is 0 Å². The van der Waals surface area contributed by atoms with E-state index >= 15 is 0 Å². The lowest BCUT2D eigenvalue weighted by molar-refractivity contribution is 0.00271. The first-order valence-corrected chi connectivity index (χ1v) is 9.85. The van der Waals surface area contributed by atoms with Gasteiger partial charge in [-0.3, -0.25) is 4.21 Å². The summed E-state index contributed by atoms with van der Waals surface area (Å²) in [5.41, 5.74) is 3.47. The molecule has 2 bridgehead atoms. The molecule has 0 radical (unpaired) electrons. The molecule has 0 spiro atoms. The lowest BCUT2D eigenvalue weighted by Gasteiger charge is -2.58. The van der Waals surface area contributed by atoms with Crippen molar-refractivity contribution in [3.8, 4) is 0 Å². The van der Waals surface area contributed by atoms with E-state index in [1.807, 2.05) is 0 Å². The van der Waals surface area contributed by atoms with E-state index in [0.717, 1.165) is 16.9 Å². The van der Waals surface area contributed by atoms with Gasteiger partial charge in [-0.05, 0) is 68.5 Å². The third-order valence-corrected chi connectivity index (χ3v) is 7.34. The van der Waals surface area contributed by atoms with E-state index in [1.165, 1.54) is 50.6 Å². The monoisotopic (exact) mass is 303 g/mol. The second-order valence-electron chi connectivity index (χ2n) is 7.28. The van der Waals surface area contributed by atoms with Crippen LogP contribution in [0, 0.1) is 5.92 Å². The van der Waals surface area contributed by atoms with Crippen molar-refractivity contribution in [2.45, 2.75) is 54.9 Å². The van der Waals surface area contributed by atoms with Gasteiger partial charge in [-0.15, -0.1) is 0 Å². The Bertz CT molecular complexity index is 599. The minimum absolute atomic E-state index is 0.387. The van der Waals surface area contributed by atoms with Crippen LogP contribution in [0.25, 0.3) is 0 Å². The Morgan fingerprint density at radius 2 is 2.14 bits per heavy atom. The van der Waals surface area contributed by atoms with Crippen molar-refractivity contribution in [1.82, 2.24) is 4.90 Å². The van der Waals surface area contributed by atoms with Gasteiger partial charge in [-0.25, -0.2) is 0 Å². The normalized spacial score (nSPS) is 36.7. The van der Waals surface area contributed by atoms with Gasteiger partial charge in [0.15, 0.2) is 0 Å². The van der Waals surface area contributed by atoms with Crippen LogP contribution in [0.1, 0.15) is 43.2 Å². The van der Waals surface area contributed by atoms with Crippen LogP contribution in [0.5, 0.6) is 0 Å². The molecular formula is C18H25NOS. The Labute approximate surface area is 130 Å². The Morgan fingerprint density at radius 1 is 1.29 bits per heavy atom. The number of hydrogen-bond donors (Lipinski definition) is 0. The van der Waals surface area contributed by atoms with E-state index < -0.39 is 10.8 Å². The summed E-state index contributed by atoms with van der Waals surface area (Å²) < 4.78 is 11.9. The summed E-state index contributed by atoms with van der Waals surface area (Å²) in [4.78, 5) is 3.62.